The third-order valence-corrected chi connectivity index (χ3v) is 4.47. The summed E-state index contributed by atoms with van der Waals surface area (Å²) >= 11 is 0. The molecule has 30 heavy (non-hydrogen) atoms. The summed E-state index contributed by atoms with van der Waals surface area (Å²) in [5.41, 5.74) is 7.15. The summed E-state index contributed by atoms with van der Waals surface area (Å²) < 4.78 is 0. The molecular formula is C24H24N4O2. The number of anilines is 2. The Kier molecular flexibility index (Phi) is 6.60. The van der Waals surface area contributed by atoms with Crippen molar-refractivity contribution in [1.82, 2.24) is 5.43 Å². The molecule has 0 spiro atoms. The molecule has 3 aromatic carbocycles. The van der Waals surface area contributed by atoms with Gasteiger partial charge >= 0.3 is 0 Å². The summed E-state index contributed by atoms with van der Waals surface area (Å²) in [6, 6.07) is 21.8. The van der Waals surface area contributed by atoms with Crippen molar-refractivity contribution >= 4 is 29.4 Å². The summed E-state index contributed by atoms with van der Waals surface area (Å²) in [4.78, 5) is 26.6. The van der Waals surface area contributed by atoms with Gasteiger partial charge in [0.2, 0.25) is 0 Å². The summed E-state index contributed by atoms with van der Waals surface area (Å²) in [6.45, 7) is 1.94. The Hall–Kier alpha value is -3.93. The number of nitrogens with zero attached hydrogens (tertiary/aromatic N) is 2. The monoisotopic (exact) mass is 400 g/mol. The molecule has 6 heteroatoms. The number of carbonyl (C=O) groups is 2. The van der Waals surface area contributed by atoms with Crippen molar-refractivity contribution in [2.24, 2.45) is 5.10 Å². The van der Waals surface area contributed by atoms with Crippen LogP contribution in [0.3, 0.4) is 0 Å². The molecule has 0 bridgehead atoms. The highest BCUT2D eigenvalue weighted by molar-refractivity contribution is 6.04. The van der Waals surface area contributed by atoms with Gasteiger partial charge < -0.3 is 10.2 Å². The van der Waals surface area contributed by atoms with Crippen LogP contribution in [0.5, 0.6) is 0 Å². The number of hydrogen-bond acceptors (Lipinski definition) is 4. The van der Waals surface area contributed by atoms with Crippen LogP contribution in [0.1, 0.15) is 31.8 Å². The third kappa shape index (κ3) is 5.54. The van der Waals surface area contributed by atoms with Crippen LogP contribution in [-0.4, -0.2) is 32.1 Å². The van der Waals surface area contributed by atoms with Crippen molar-refractivity contribution in [3.8, 4) is 0 Å². The largest absolute Gasteiger partial charge is 0.378 e. The van der Waals surface area contributed by atoms with Crippen molar-refractivity contribution in [3.63, 3.8) is 0 Å². The minimum Gasteiger partial charge on any atom is -0.378 e. The fourth-order valence-electron chi connectivity index (χ4n) is 2.78. The zero-order valence-electron chi connectivity index (χ0n) is 17.2. The molecule has 0 saturated heterocycles. The lowest BCUT2D eigenvalue weighted by atomic mass is 10.1. The zero-order chi connectivity index (χ0) is 21.5. The molecule has 0 aliphatic rings. The van der Waals surface area contributed by atoms with Gasteiger partial charge in [-0.25, -0.2) is 5.43 Å². The van der Waals surface area contributed by atoms with E-state index in [0.29, 0.717) is 16.8 Å². The third-order valence-electron chi connectivity index (χ3n) is 4.47. The lowest BCUT2D eigenvalue weighted by molar-refractivity contribution is 0.0954. The molecule has 0 aromatic heterocycles. The summed E-state index contributed by atoms with van der Waals surface area (Å²) in [5, 5.41) is 6.83. The molecule has 2 N–H and O–H groups in total. The number of hydrogen-bond donors (Lipinski definition) is 2. The Labute approximate surface area is 176 Å². The van der Waals surface area contributed by atoms with E-state index in [9.17, 15) is 9.59 Å². The number of hydrazone groups is 1. The second-order valence-corrected chi connectivity index (χ2v) is 7.09. The number of amides is 2. The number of nitrogens with one attached hydrogen (secondary N) is 2. The van der Waals surface area contributed by atoms with E-state index >= 15 is 0 Å². The Balaban J connectivity index is 1.56. The second-order valence-electron chi connectivity index (χ2n) is 7.09. The lowest BCUT2D eigenvalue weighted by Gasteiger charge is -2.11. The fourth-order valence-corrected chi connectivity index (χ4v) is 2.78. The molecule has 0 aliphatic heterocycles. The minimum atomic E-state index is -0.326. The highest BCUT2D eigenvalue weighted by Gasteiger charge is 2.08. The lowest BCUT2D eigenvalue weighted by Crippen LogP contribution is -2.18. The normalized spacial score (nSPS) is 10.6. The molecule has 3 aromatic rings. The SMILES string of the molecule is Cc1cccc(C(=O)Nc2ccc(C(=O)N/N=C\c3ccc(N(C)C)cc3)cc2)c1. The average molecular weight is 400 g/mol. The first-order valence-electron chi connectivity index (χ1n) is 9.51. The molecule has 0 atom stereocenters. The summed E-state index contributed by atoms with van der Waals surface area (Å²) in [6.07, 6.45) is 1.59. The van der Waals surface area contributed by atoms with Crippen LogP contribution >= 0.6 is 0 Å². The van der Waals surface area contributed by atoms with Crippen LogP contribution in [0.15, 0.2) is 77.9 Å². The molecule has 0 fully saturated rings. The van der Waals surface area contributed by atoms with Gasteiger partial charge in [-0.2, -0.15) is 5.10 Å². The fraction of sp³-hybridized carbons (Fsp3) is 0.125. The molecule has 0 saturated carbocycles. The molecule has 0 radical (unpaired) electrons. The van der Waals surface area contributed by atoms with Crippen molar-refractivity contribution < 1.29 is 9.59 Å². The molecule has 152 valence electrons. The van der Waals surface area contributed by atoms with E-state index in [2.05, 4.69) is 15.8 Å². The van der Waals surface area contributed by atoms with Gasteiger partial charge in [0.1, 0.15) is 0 Å². The van der Waals surface area contributed by atoms with E-state index < -0.39 is 0 Å². The highest BCUT2D eigenvalue weighted by atomic mass is 16.2. The number of aryl methyl sites for hydroxylation is 1. The molecular weight excluding hydrogens is 376 g/mol. The van der Waals surface area contributed by atoms with E-state index in [1.807, 2.05) is 68.4 Å². The van der Waals surface area contributed by atoms with Gasteiger partial charge in [-0.1, -0.05) is 29.8 Å². The zero-order valence-corrected chi connectivity index (χ0v) is 17.2. The predicted octanol–water partition coefficient (Wildman–Crippen LogP) is 4.08. The molecule has 3 rings (SSSR count). The molecule has 6 nitrogen and oxygen atoms in total. The van der Waals surface area contributed by atoms with Gasteiger partial charge in [0.25, 0.3) is 11.8 Å². The van der Waals surface area contributed by atoms with Gasteiger partial charge in [-0.3, -0.25) is 9.59 Å². The Bertz CT molecular complexity index is 1060. The van der Waals surface area contributed by atoms with E-state index in [1.54, 1.807) is 36.5 Å². The Morgan fingerprint density at radius 2 is 1.57 bits per heavy atom. The Morgan fingerprint density at radius 1 is 0.867 bits per heavy atom. The quantitative estimate of drug-likeness (QED) is 0.484. The number of benzene rings is 3. The van der Waals surface area contributed by atoms with Crippen LogP contribution in [0, 0.1) is 6.92 Å². The Morgan fingerprint density at radius 3 is 2.20 bits per heavy atom. The summed E-state index contributed by atoms with van der Waals surface area (Å²) in [7, 11) is 3.95. The molecule has 0 aliphatic carbocycles. The van der Waals surface area contributed by atoms with Crippen molar-refractivity contribution in [2.45, 2.75) is 6.92 Å². The number of rotatable bonds is 6. The first-order chi connectivity index (χ1) is 14.4. The van der Waals surface area contributed by atoms with E-state index in [0.717, 1.165) is 16.8 Å². The maximum atomic E-state index is 12.3. The van der Waals surface area contributed by atoms with E-state index in [-0.39, 0.29) is 11.8 Å². The standard InChI is InChI=1S/C24H24N4O2/c1-17-5-4-6-20(15-17)23(29)26-21-11-9-19(10-12-21)24(30)27-25-16-18-7-13-22(14-8-18)28(2)3/h4-16H,1-3H3,(H,26,29)(H,27,30)/b25-16-. The smallest absolute Gasteiger partial charge is 0.271 e. The van der Waals surface area contributed by atoms with E-state index in [4.69, 9.17) is 0 Å². The molecule has 0 heterocycles. The van der Waals surface area contributed by atoms with Crippen LogP contribution in [-0.2, 0) is 0 Å². The van der Waals surface area contributed by atoms with Crippen LogP contribution in [0.25, 0.3) is 0 Å². The van der Waals surface area contributed by atoms with Crippen LogP contribution < -0.4 is 15.6 Å². The first-order valence-corrected chi connectivity index (χ1v) is 9.51. The van der Waals surface area contributed by atoms with Crippen molar-refractivity contribution in [3.05, 3.63) is 95.1 Å². The molecule has 2 amide bonds. The first kappa shape index (κ1) is 20.8. The topological polar surface area (TPSA) is 73.8 Å². The van der Waals surface area contributed by atoms with Crippen molar-refractivity contribution in [1.29, 1.82) is 0 Å². The van der Waals surface area contributed by atoms with Crippen molar-refractivity contribution in [2.75, 3.05) is 24.3 Å². The van der Waals surface area contributed by atoms with Gasteiger partial charge in [0.05, 0.1) is 6.21 Å². The predicted molar refractivity (Wildman–Crippen MR) is 121 cm³/mol. The van der Waals surface area contributed by atoms with Gasteiger partial charge in [-0.15, -0.1) is 0 Å². The number of carbonyl (C=O) groups excluding carboxylic acids is 2. The maximum Gasteiger partial charge on any atom is 0.271 e. The maximum absolute atomic E-state index is 12.3. The average Bonchev–Trinajstić information content (AvgIpc) is 2.74. The highest BCUT2D eigenvalue weighted by Crippen LogP contribution is 2.13. The van der Waals surface area contributed by atoms with Gasteiger partial charge in [-0.05, 0) is 61.0 Å². The van der Waals surface area contributed by atoms with Crippen LogP contribution in [0.2, 0.25) is 0 Å². The van der Waals surface area contributed by atoms with E-state index in [1.165, 1.54) is 0 Å². The second kappa shape index (κ2) is 9.52. The minimum absolute atomic E-state index is 0.194. The molecule has 0 unspecified atom stereocenters. The summed E-state index contributed by atoms with van der Waals surface area (Å²) in [5.74, 6) is -0.520. The van der Waals surface area contributed by atoms with Gasteiger partial charge in [0.15, 0.2) is 0 Å². The van der Waals surface area contributed by atoms with Gasteiger partial charge in [0, 0.05) is 36.6 Å². The van der Waals surface area contributed by atoms with Crippen LogP contribution in [0.4, 0.5) is 11.4 Å².